The summed E-state index contributed by atoms with van der Waals surface area (Å²) >= 11 is 0. The summed E-state index contributed by atoms with van der Waals surface area (Å²) < 4.78 is 5.04. The molecule has 0 aromatic heterocycles. The van der Waals surface area contributed by atoms with Gasteiger partial charge in [-0.3, -0.25) is 0 Å². The van der Waals surface area contributed by atoms with Crippen LogP contribution in [0.15, 0.2) is 0 Å². The van der Waals surface area contributed by atoms with Gasteiger partial charge in [-0.05, 0) is 19.4 Å². The number of carbonyl (C=O) groups excluding carboxylic acids is 1. The normalized spacial score (nSPS) is 21.6. The third-order valence-electron chi connectivity index (χ3n) is 2.85. The van der Waals surface area contributed by atoms with Crippen LogP contribution in [0.3, 0.4) is 0 Å². The summed E-state index contributed by atoms with van der Waals surface area (Å²) in [5.74, 6) is 0. The summed E-state index contributed by atoms with van der Waals surface area (Å²) in [5.41, 5.74) is 5.54. The van der Waals surface area contributed by atoms with Crippen LogP contribution in [0.2, 0.25) is 0 Å². The van der Waals surface area contributed by atoms with E-state index in [2.05, 4.69) is 6.92 Å². The van der Waals surface area contributed by atoms with Gasteiger partial charge in [0.1, 0.15) is 0 Å². The summed E-state index contributed by atoms with van der Waals surface area (Å²) in [6.45, 7) is 4.17. The molecule has 2 N–H and O–H groups in total. The van der Waals surface area contributed by atoms with Gasteiger partial charge in [0.15, 0.2) is 0 Å². The topological polar surface area (TPSA) is 55.6 Å². The van der Waals surface area contributed by atoms with Crippen molar-refractivity contribution in [3.63, 3.8) is 0 Å². The summed E-state index contributed by atoms with van der Waals surface area (Å²) in [6, 6.07) is 0.299. The molecular weight excluding hydrogens is 192 g/mol. The van der Waals surface area contributed by atoms with Gasteiger partial charge in [0.2, 0.25) is 0 Å². The first-order valence-corrected chi connectivity index (χ1v) is 5.93. The van der Waals surface area contributed by atoms with E-state index < -0.39 is 0 Å². The second-order valence-corrected chi connectivity index (χ2v) is 4.03. The zero-order chi connectivity index (χ0) is 11.1. The largest absolute Gasteiger partial charge is 0.449 e. The number of ether oxygens (including phenoxy) is 1. The minimum atomic E-state index is -0.157. The van der Waals surface area contributed by atoms with Crippen LogP contribution in [0.25, 0.3) is 0 Å². The standard InChI is InChI=1S/C11H22N2O2/c1-2-3-4-8-13-10(5-7-12)6-9-15-11(13)14/h10H,2-9,12H2,1H3. The molecule has 0 aromatic carbocycles. The number of nitrogens with two attached hydrogens (primary N) is 1. The Morgan fingerprint density at radius 2 is 2.33 bits per heavy atom. The molecule has 1 saturated heterocycles. The van der Waals surface area contributed by atoms with Crippen molar-refractivity contribution in [1.29, 1.82) is 0 Å². The molecule has 1 aliphatic heterocycles. The summed E-state index contributed by atoms with van der Waals surface area (Å²) in [5, 5.41) is 0. The average molecular weight is 214 g/mol. The molecule has 0 aromatic rings. The lowest BCUT2D eigenvalue weighted by atomic mass is 10.1. The predicted molar refractivity (Wildman–Crippen MR) is 59.7 cm³/mol. The number of carbonyl (C=O) groups is 1. The lowest BCUT2D eigenvalue weighted by Crippen LogP contribution is -2.46. The molecule has 0 spiro atoms. The van der Waals surface area contributed by atoms with Crippen LogP contribution < -0.4 is 5.73 Å². The van der Waals surface area contributed by atoms with E-state index in [1.165, 1.54) is 12.8 Å². The molecular formula is C11H22N2O2. The van der Waals surface area contributed by atoms with E-state index in [0.717, 1.165) is 25.8 Å². The number of amides is 1. The van der Waals surface area contributed by atoms with Crippen molar-refractivity contribution in [2.75, 3.05) is 19.7 Å². The third kappa shape index (κ3) is 3.70. The number of hydrogen-bond acceptors (Lipinski definition) is 3. The number of cyclic esters (lactones) is 1. The van der Waals surface area contributed by atoms with Crippen LogP contribution in [-0.2, 0) is 4.74 Å². The fourth-order valence-electron chi connectivity index (χ4n) is 1.97. The highest BCUT2D eigenvalue weighted by molar-refractivity contribution is 5.68. The van der Waals surface area contributed by atoms with Crippen molar-refractivity contribution in [2.45, 2.75) is 45.1 Å². The van der Waals surface area contributed by atoms with Gasteiger partial charge in [0, 0.05) is 19.0 Å². The third-order valence-corrected chi connectivity index (χ3v) is 2.85. The molecule has 0 radical (unpaired) electrons. The maximum absolute atomic E-state index is 11.5. The fourth-order valence-corrected chi connectivity index (χ4v) is 1.97. The molecule has 88 valence electrons. The Bertz CT molecular complexity index is 195. The van der Waals surface area contributed by atoms with E-state index in [1.807, 2.05) is 4.90 Å². The van der Waals surface area contributed by atoms with Gasteiger partial charge in [-0.25, -0.2) is 4.79 Å². The second kappa shape index (κ2) is 6.67. The van der Waals surface area contributed by atoms with E-state index in [9.17, 15) is 4.79 Å². The van der Waals surface area contributed by atoms with Crippen LogP contribution in [0.5, 0.6) is 0 Å². The first-order chi connectivity index (χ1) is 7.29. The zero-order valence-corrected chi connectivity index (χ0v) is 9.58. The van der Waals surface area contributed by atoms with Crippen molar-refractivity contribution in [3.8, 4) is 0 Å². The van der Waals surface area contributed by atoms with Crippen LogP contribution in [0, 0.1) is 0 Å². The smallest absolute Gasteiger partial charge is 0.410 e. The Hall–Kier alpha value is -0.770. The molecule has 1 amide bonds. The van der Waals surface area contributed by atoms with E-state index in [4.69, 9.17) is 10.5 Å². The quantitative estimate of drug-likeness (QED) is 0.685. The molecule has 1 aliphatic rings. The number of unbranched alkanes of at least 4 members (excludes halogenated alkanes) is 2. The maximum atomic E-state index is 11.5. The van der Waals surface area contributed by atoms with Crippen LogP contribution in [0.1, 0.15) is 39.0 Å². The van der Waals surface area contributed by atoms with Crippen molar-refractivity contribution < 1.29 is 9.53 Å². The monoisotopic (exact) mass is 214 g/mol. The highest BCUT2D eigenvalue weighted by Crippen LogP contribution is 2.17. The fraction of sp³-hybridized carbons (Fsp3) is 0.909. The van der Waals surface area contributed by atoms with Crippen molar-refractivity contribution >= 4 is 6.09 Å². The Labute approximate surface area is 91.8 Å². The molecule has 4 nitrogen and oxygen atoms in total. The second-order valence-electron chi connectivity index (χ2n) is 4.03. The lowest BCUT2D eigenvalue weighted by molar-refractivity contribution is 0.0417. The minimum Gasteiger partial charge on any atom is -0.449 e. The Morgan fingerprint density at radius 1 is 1.53 bits per heavy atom. The lowest BCUT2D eigenvalue weighted by Gasteiger charge is -2.34. The molecule has 0 aliphatic carbocycles. The number of rotatable bonds is 6. The predicted octanol–water partition coefficient (Wildman–Crippen LogP) is 1.74. The Balaban J connectivity index is 2.41. The molecule has 1 heterocycles. The van der Waals surface area contributed by atoms with Gasteiger partial charge in [0.05, 0.1) is 6.61 Å². The summed E-state index contributed by atoms with van der Waals surface area (Å²) in [4.78, 5) is 13.4. The van der Waals surface area contributed by atoms with Crippen LogP contribution >= 0.6 is 0 Å². The SMILES string of the molecule is CCCCCN1C(=O)OCCC1CCN. The molecule has 1 fully saturated rings. The molecule has 4 heteroatoms. The molecule has 1 rings (SSSR count). The first kappa shape index (κ1) is 12.3. The van der Waals surface area contributed by atoms with Crippen molar-refractivity contribution in [3.05, 3.63) is 0 Å². The van der Waals surface area contributed by atoms with Crippen molar-refractivity contribution in [2.24, 2.45) is 5.73 Å². The van der Waals surface area contributed by atoms with Crippen LogP contribution in [0.4, 0.5) is 4.79 Å². The Kier molecular flexibility index (Phi) is 5.47. The number of nitrogens with zero attached hydrogens (tertiary/aromatic N) is 1. The molecule has 0 bridgehead atoms. The average Bonchev–Trinajstić information content (AvgIpc) is 2.23. The zero-order valence-electron chi connectivity index (χ0n) is 9.58. The minimum absolute atomic E-state index is 0.157. The van der Waals surface area contributed by atoms with E-state index in [0.29, 0.717) is 19.2 Å². The Morgan fingerprint density at radius 3 is 3.00 bits per heavy atom. The highest BCUT2D eigenvalue weighted by atomic mass is 16.6. The maximum Gasteiger partial charge on any atom is 0.410 e. The summed E-state index contributed by atoms with van der Waals surface area (Å²) in [7, 11) is 0. The first-order valence-electron chi connectivity index (χ1n) is 5.93. The molecule has 1 unspecified atom stereocenters. The molecule has 1 atom stereocenters. The van der Waals surface area contributed by atoms with E-state index >= 15 is 0 Å². The molecule has 0 saturated carbocycles. The van der Waals surface area contributed by atoms with Gasteiger partial charge in [-0.1, -0.05) is 19.8 Å². The van der Waals surface area contributed by atoms with Gasteiger partial charge in [-0.15, -0.1) is 0 Å². The van der Waals surface area contributed by atoms with Gasteiger partial charge in [0.25, 0.3) is 0 Å². The van der Waals surface area contributed by atoms with Gasteiger partial charge < -0.3 is 15.4 Å². The van der Waals surface area contributed by atoms with Gasteiger partial charge >= 0.3 is 6.09 Å². The molecule has 15 heavy (non-hydrogen) atoms. The van der Waals surface area contributed by atoms with Gasteiger partial charge in [-0.2, -0.15) is 0 Å². The van der Waals surface area contributed by atoms with E-state index in [-0.39, 0.29) is 6.09 Å². The highest BCUT2D eigenvalue weighted by Gasteiger charge is 2.28. The summed E-state index contributed by atoms with van der Waals surface area (Å²) in [6.07, 6.45) is 5.06. The van der Waals surface area contributed by atoms with Crippen LogP contribution in [-0.4, -0.2) is 36.7 Å². The van der Waals surface area contributed by atoms with E-state index in [1.54, 1.807) is 0 Å². The van der Waals surface area contributed by atoms with Crippen molar-refractivity contribution in [1.82, 2.24) is 4.90 Å². The number of hydrogen-bond donors (Lipinski definition) is 1.